The zero-order valence-electron chi connectivity index (χ0n) is 23.8. The number of benzene rings is 1. The molecular weight excluding hydrogens is 567 g/mol. The Morgan fingerprint density at radius 2 is 1.86 bits per heavy atom. The molecule has 224 valence electrons. The molecule has 0 radical (unpaired) electrons. The number of hydrogen-bond donors (Lipinski definition) is 1. The summed E-state index contributed by atoms with van der Waals surface area (Å²) >= 11 is 5.96. The summed E-state index contributed by atoms with van der Waals surface area (Å²) in [5, 5.41) is 0.422. The monoisotopic (exact) mass is 600 g/mol. The maximum atomic E-state index is 15.8. The van der Waals surface area contributed by atoms with E-state index in [9.17, 15) is 19.2 Å². The van der Waals surface area contributed by atoms with E-state index in [0.29, 0.717) is 49.5 Å². The molecule has 5 rings (SSSR count). The van der Waals surface area contributed by atoms with Gasteiger partial charge in [-0.25, -0.2) is 9.18 Å². The topological polar surface area (TPSA) is 132 Å². The largest absolute Gasteiger partial charge is 0.444 e. The summed E-state index contributed by atoms with van der Waals surface area (Å²) in [5.41, 5.74) is 4.69. The van der Waals surface area contributed by atoms with E-state index >= 15 is 4.39 Å². The summed E-state index contributed by atoms with van der Waals surface area (Å²) in [6, 6.07) is 5.83. The first-order chi connectivity index (χ1) is 19.8. The molecule has 1 saturated carbocycles. The Labute approximate surface area is 248 Å². The third-order valence-corrected chi connectivity index (χ3v) is 8.19. The average molecular weight is 601 g/mol. The Bertz CT molecular complexity index is 1410. The van der Waals surface area contributed by atoms with Crippen LogP contribution in [0.3, 0.4) is 0 Å². The molecule has 1 aromatic carbocycles. The van der Waals surface area contributed by atoms with Crippen LogP contribution in [0.25, 0.3) is 0 Å². The minimum Gasteiger partial charge on any atom is -0.444 e. The summed E-state index contributed by atoms with van der Waals surface area (Å²) < 4.78 is 27.2. The molecule has 3 amide bonds. The number of likely N-dealkylation sites (tertiary alicyclic amines) is 1. The molecule has 0 bridgehead atoms. The zero-order chi connectivity index (χ0) is 30.4. The normalized spacial score (nSPS) is 19.9. The number of nitrogens with zero attached hydrogens (tertiary/aromatic N) is 3. The van der Waals surface area contributed by atoms with Crippen molar-refractivity contribution in [3.63, 3.8) is 0 Å². The maximum Gasteiger partial charge on any atom is 0.410 e. The highest BCUT2D eigenvalue weighted by molar-refractivity contribution is 6.30. The molecular formula is C30H34ClFN4O6. The minimum atomic E-state index is -1.14. The van der Waals surface area contributed by atoms with Crippen LogP contribution in [0.15, 0.2) is 30.5 Å². The van der Waals surface area contributed by atoms with Gasteiger partial charge in [-0.1, -0.05) is 11.6 Å². The van der Waals surface area contributed by atoms with E-state index in [1.54, 1.807) is 37.8 Å². The Morgan fingerprint density at radius 3 is 2.43 bits per heavy atom. The number of pyridine rings is 1. The Balaban J connectivity index is 1.36. The Kier molecular flexibility index (Phi) is 8.02. The number of piperidine rings is 1. The predicted octanol–water partition coefficient (Wildman–Crippen LogP) is 4.64. The van der Waals surface area contributed by atoms with Crippen LogP contribution in [-0.4, -0.2) is 63.8 Å². The molecule has 1 unspecified atom stereocenters. The zero-order valence-corrected chi connectivity index (χ0v) is 24.6. The van der Waals surface area contributed by atoms with Crippen molar-refractivity contribution in [2.75, 3.05) is 19.7 Å². The molecule has 3 heterocycles. The Morgan fingerprint density at radius 1 is 1.17 bits per heavy atom. The van der Waals surface area contributed by atoms with E-state index in [-0.39, 0.29) is 35.6 Å². The number of amides is 3. The minimum absolute atomic E-state index is 0.00512. The number of hydrogen-bond acceptors (Lipinski definition) is 7. The predicted molar refractivity (Wildman–Crippen MR) is 150 cm³/mol. The number of halogens is 2. The van der Waals surface area contributed by atoms with Gasteiger partial charge in [0.1, 0.15) is 11.4 Å². The first-order valence-electron chi connectivity index (χ1n) is 14.0. The molecule has 1 aliphatic carbocycles. The van der Waals surface area contributed by atoms with Crippen molar-refractivity contribution in [3.8, 4) is 0 Å². The fourth-order valence-electron chi connectivity index (χ4n) is 5.35. The fourth-order valence-corrected chi connectivity index (χ4v) is 5.46. The van der Waals surface area contributed by atoms with Crippen LogP contribution < -0.4 is 5.73 Å². The number of Topliss-reactive ketones (excluding diaryl/α,β-unsaturated/α-hetero) is 1. The van der Waals surface area contributed by atoms with E-state index in [1.165, 1.54) is 17.2 Å². The van der Waals surface area contributed by atoms with E-state index < -0.39 is 46.9 Å². The van der Waals surface area contributed by atoms with Gasteiger partial charge in [0.2, 0.25) is 5.91 Å². The molecule has 1 saturated heterocycles. The molecule has 42 heavy (non-hydrogen) atoms. The summed E-state index contributed by atoms with van der Waals surface area (Å²) in [7, 11) is 0. The highest BCUT2D eigenvalue weighted by atomic mass is 35.5. The van der Waals surface area contributed by atoms with Crippen LogP contribution in [-0.2, 0) is 20.8 Å². The van der Waals surface area contributed by atoms with Crippen molar-refractivity contribution in [1.29, 1.82) is 0 Å². The van der Waals surface area contributed by atoms with Gasteiger partial charge < -0.3 is 25.0 Å². The first-order valence-corrected chi connectivity index (χ1v) is 14.3. The van der Waals surface area contributed by atoms with Crippen LogP contribution in [0.4, 0.5) is 9.18 Å². The highest BCUT2D eigenvalue weighted by Crippen LogP contribution is 2.48. The van der Waals surface area contributed by atoms with Crippen molar-refractivity contribution < 1.29 is 33.0 Å². The molecule has 3 aliphatic rings. The molecule has 1 atom stereocenters. The second kappa shape index (κ2) is 11.3. The van der Waals surface area contributed by atoms with E-state index in [4.69, 9.17) is 26.8 Å². The SMILES string of the molecule is CC(C)(C)OC(=O)N1CCC(C(=O)c2cc(F)c3c(c2)C(=O)N(Cc2ccc(Cl)cn2)C3OCC2(C(N)=O)CC2)CC1. The van der Waals surface area contributed by atoms with Crippen LogP contribution in [0, 0.1) is 17.2 Å². The number of nitrogens with two attached hydrogens (primary N) is 1. The number of fused-ring (bicyclic) bond motifs is 1. The summed E-state index contributed by atoms with van der Waals surface area (Å²) in [6.45, 7) is 5.94. The van der Waals surface area contributed by atoms with Gasteiger partial charge in [-0.3, -0.25) is 19.4 Å². The number of carbonyl (C=O) groups excluding carboxylic acids is 4. The molecule has 0 spiro atoms. The molecule has 2 aliphatic heterocycles. The van der Waals surface area contributed by atoms with Gasteiger partial charge in [0.15, 0.2) is 12.0 Å². The molecule has 2 aromatic rings. The lowest BCUT2D eigenvalue weighted by Crippen LogP contribution is -2.43. The second-order valence-electron chi connectivity index (χ2n) is 12.2. The van der Waals surface area contributed by atoms with Crippen molar-refractivity contribution >= 4 is 35.3 Å². The van der Waals surface area contributed by atoms with Crippen molar-refractivity contribution in [1.82, 2.24) is 14.8 Å². The van der Waals surface area contributed by atoms with Gasteiger partial charge in [0.05, 0.1) is 34.8 Å². The quantitative estimate of drug-likeness (QED) is 0.437. The van der Waals surface area contributed by atoms with Gasteiger partial charge in [-0.2, -0.15) is 0 Å². The van der Waals surface area contributed by atoms with E-state index in [2.05, 4.69) is 4.98 Å². The number of carbonyl (C=O) groups is 4. The summed E-state index contributed by atoms with van der Waals surface area (Å²) in [6.07, 6.45) is 1.75. The lowest BCUT2D eigenvalue weighted by Gasteiger charge is -2.33. The van der Waals surface area contributed by atoms with Crippen molar-refractivity contribution in [3.05, 3.63) is 63.7 Å². The lowest BCUT2D eigenvalue weighted by molar-refractivity contribution is -0.129. The van der Waals surface area contributed by atoms with Crippen molar-refractivity contribution in [2.24, 2.45) is 17.1 Å². The van der Waals surface area contributed by atoms with Gasteiger partial charge >= 0.3 is 6.09 Å². The third-order valence-electron chi connectivity index (χ3n) is 7.97. The summed E-state index contributed by atoms with van der Waals surface area (Å²) in [4.78, 5) is 58.6. The molecule has 10 nitrogen and oxygen atoms in total. The number of rotatable bonds is 8. The number of ketones is 1. The van der Waals surface area contributed by atoms with E-state index in [0.717, 1.165) is 6.07 Å². The van der Waals surface area contributed by atoms with Gasteiger partial charge in [0, 0.05) is 36.3 Å². The number of primary amides is 1. The number of aromatic nitrogens is 1. The molecule has 12 heteroatoms. The first kappa shape index (κ1) is 29.9. The molecule has 2 fully saturated rings. The Hall–Kier alpha value is -3.57. The summed E-state index contributed by atoms with van der Waals surface area (Å²) in [5.74, 6) is -2.52. The average Bonchev–Trinajstić information content (AvgIpc) is 3.69. The highest BCUT2D eigenvalue weighted by Gasteiger charge is 2.51. The van der Waals surface area contributed by atoms with Crippen LogP contribution in [0.1, 0.15) is 84.7 Å². The lowest BCUT2D eigenvalue weighted by atomic mass is 9.88. The molecule has 1 aromatic heterocycles. The standard InChI is InChI=1S/C30H34ClFN4O6/c1-29(2,3)42-28(40)35-10-6-17(7-11-35)24(37)18-12-21-23(22(32)13-18)26(41-16-30(8-9-30)27(33)39)36(25(21)38)15-20-5-4-19(31)14-34-20/h4-5,12-14,17,26H,6-11,15-16H2,1-3H3,(H2,33,39). The van der Waals surface area contributed by atoms with Crippen LogP contribution in [0.2, 0.25) is 5.02 Å². The van der Waals surface area contributed by atoms with Gasteiger partial charge in [-0.05, 0) is 70.7 Å². The van der Waals surface area contributed by atoms with Gasteiger partial charge in [0.25, 0.3) is 5.91 Å². The fraction of sp³-hybridized carbons (Fsp3) is 0.500. The second-order valence-corrected chi connectivity index (χ2v) is 12.7. The van der Waals surface area contributed by atoms with Gasteiger partial charge in [-0.15, -0.1) is 0 Å². The van der Waals surface area contributed by atoms with Crippen LogP contribution in [0.5, 0.6) is 0 Å². The third kappa shape index (κ3) is 6.12. The van der Waals surface area contributed by atoms with Crippen molar-refractivity contribution in [2.45, 2.75) is 64.8 Å². The number of ether oxygens (including phenoxy) is 2. The van der Waals surface area contributed by atoms with Crippen LogP contribution >= 0.6 is 11.6 Å². The molecule has 2 N–H and O–H groups in total. The maximum absolute atomic E-state index is 15.8. The smallest absolute Gasteiger partial charge is 0.410 e. The van der Waals surface area contributed by atoms with E-state index in [1.807, 2.05) is 0 Å².